The lowest BCUT2D eigenvalue weighted by atomic mass is 10.2. The number of halogens is 4. The summed E-state index contributed by atoms with van der Waals surface area (Å²) in [5, 5.41) is 3.15. The lowest BCUT2D eigenvalue weighted by Gasteiger charge is -2.11. The summed E-state index contributed by atoms with van der Waals surface area (Å²) in [5.74, 6) is -1.16. The van der Waals surface area contributed by atoms with E-state index in [1.54, 1.807) is 12.1 Å². The fourth-order valence-electron chi connectivity index (χ4n) is 1.40. The second-order valence-corrected chi connectivity index (χ2v) is 4.89. The summed E-state index contributed by atoms with van der Waals surface area (Å²) >= 11 is 8.71. The molecule has 0 heterocycles. The van der Waals surface area contributed by atoms with Gasteiger partial charge in [-0.3, -0.25) is 0 Å². The van der Waals surface area contributed by atoms with Crippen molar-refractivity contribution in [2.24, 2.45) is 0 Å². The SMILES string of the molecule is Nc1ccc(Cl)cc1Nc1cc(F)c(Br)cc1F. The second-order valence-electron chi connectivity index (χ2n) is 3.60. The van der Waals surface area contributed by atoms with E-state index in [0.717, 1.165) is 12.1 Å². The molecule has 0 aliphatic heterocycles. The first kappa shape index (κ1) is 13.1. The first-order valence-electron chi connectivity index (χ1n) is 4.94. The van der Waals surface area contributed by atoms with E-state index in [0.29, 0.717) is 16.4 Å². The molecule has 0 atom stereocenters. The average Bonchev–Trinajstić information content (AvgIpc) is 2.30. The number of benzene rings is 2. The molecule has 0 radical (unpaired) electrons. The van der Waals surface area contributed by atoms with Crippen molar-refractivity contribution < 1.29 is 8.78 Å². The number of hydrogen-bond donors (Lipinski definition) is 2. The molecule has 0 saturated heterocycles. The molecule has 18 heavy (non-hydrogen) atoms. The normalized spacial score (nSPS) is 10.4. The van der Waals surface area contributed by atoms with E-state index in [2.05, 4.69) is 21.2 Å². The van der Waals surface area contributed by atoms with Gasteiger partial charge in [-0.15, -0.1) is 0 Å². The molecule has 0 bridgehead atoms. The summed E-state index contributed by atoms with van der Waals surface area (Å²) in [7, 11) is 0. The number of nitrogens with one attached hydrogen (secondary N) is 1. The van der Waals surface area contributed by atoms with Crippen LogP contribution in [0, 0.1) is 11.6 Å². The zero-order chi connectivity index (χ0) is 13.3. The molecule has 0 aromatic heterocycles. The van der Waals surface area contributed by atoms with Crippen LogP contribution in [0.3, 0.4) is 0 Å². The van der Waals surface area contributed by atoms with Crippen LogP contribution in [0.25, 0.3) is 0 Å². The summed E-state index contributed by atoms with van der Waals surface area (Å²) in [6.45, 7) is 0. The lowest BCUT2D eigenvalue weighted by molar-refractivity contribution is 0.598. The van der Waals surface area contributed by atoms with Gasteiger partial charge >= 0.3 is 0 Å². The minimum absolute atomic E-state index is 0.00957. The highest BCUT2D eigenvalue weighted by molar-refractivity contribution is 9.10. The molecule has 94 valence electrons. The fraction of sp³-hybridized carbons (Fsp3) is 0. The third-order valence-electron chi connectivity index (χ3n) is 2.29. The van der Waals surface area contributed by atoms with E-state index in [1.807, 2.05) is 0 Å². The maximum Gasteiger partial charge on any atom is 0.147 e. The molecule has 0 spiro atoms. The van der Waals surface area contributed by atoms with Crippen LogP contribution in [-0.4, -0.2) is 0 Å². The van der Waals surface area contributed by atoms with Crippen molar-refractivity contribution in [3.63, 3.8) is 0 Å². The van der Waals surface area contributed by atoms with E-state index in [-0.39, 0.29) is 10.2 Å². The summed E-state index contributed by atoms with van der Waals surface area (Å²) in [6.07, 6.45) is 0. The average molecular weight is 334 g/mol. The quantitative estimate of drug-likeness (QED) is 0.617. The van der Waals surface area contributed by atoms with E-state index < -0.39 is 11.6 Å². The van der Waals surface area contributed by atoms with Gasteiger partial charge in [-0.1, -0.05) is 11.6 Å². The first-order chi connectivity index (χ1) is 8.47. The largest absolute Gasteiger partial charge is 0.397 e. The Morgan fingerprint density at radius 2 is 1.78 bits per heavy atom. The van der Waals surface area contributed by atoms with E-state index in [9.17, 15) is 8.78 Å². The van der Waals surface area contributed by atoms with Gasteiger partial charge in [0, 0.05) is 11.1 Å². The summed E-state index contributed by atoms with van der Waals surface area (Å²) < 4.78 is 27.0. The molecule has 6 heteroatoms. The van der Waals surface area contributed by atoms with Crippen LogP contribution in [0.2, 0.25) is 5.02 Å². The highest BCUT2D eigenvalue weighted by atomic mass is 79.9. The van der Waals surface area contributed by atoms with Gasteiger partial charge in [0.2, 0.25) is 0 Å². The van der Waals surface area contributed by atoms with Gasteiger partial charge in [0.15, 0.2) is 0 Å². The predicted molar refractivity (Wildman–Crippen MR) is 73.2 cm³/mol. The molecule has 2 aromatic rings. The molecular formula is C12H8BrClF2N2. The van der Waals surface area contributed by atoms with Crippen molar-refractivity contribution in [2.75, 3.05) is 11.1 Å². The lowest BCUT2D eigenvalue weighted by Crippen LogP contribution is -1.99. The number of hydrogen-bond acceptors (Lipinski definition) is 2. The van der Waals surface area contributed by atoms with E-state index in [1.165, 1.54) is 6.07 Å². The maximum absolute atomic E-state index is 13.6. The number of anilines is 3. The van der Waals surface area contributed by atoms with Crippen LogP contribution in [0.15, 0.2) is 34.8 Å². The van der Waals surface area contributed by atoms with Crippen molar-refractivity contribution in [2.45, 2.75) is 0 Å². The van der Waals surface area contributed by atoms with Crippen molar-refractivity contribution >= 4 is 44.6 Å². The Hall–Kier alpha value is -1.33. The van der Waals surface area contributed by atoms with E-state index >= 15 is 0 Å². The smallest absolute Gasteiger partial charge is 0.147 e. The molecule has 0 saturated carbocycles. The molecule has 2 aromatic carbocycles. The molecule has 0 unspecified atom stereocenters. The molecule has 0 fully saturated rings. The molecule has 0 amide bonds. The molecule has 2 rings (SSSR count). The summed E-state index contributed by atoms with van der Waals surface area (Å²) in [4.78, 5) is 0. The highest BCUT2D eigenvalue weighted by Crippen LogP contribution is 2.30. The maximum atomic E-state index is 13.6. The second kappa shape index (κ2) is 5.12. The van der Waals surface area contributed by atoms with Gasteiger partial charge in [0.1, 0.15) is 11.6 Å². The van der Waals surface area contributed by atoms with Crippen molar-refractivity contribution in [1.82, 2.24) is 0 Å². The zero-order valence-corrected chi connectivity index (χ0v) is 11.3. The standard InChI is InChI=1S/C12H8BrClF2N2/c13-7-4-9(16)11(5-8(7)15)18-12-3-6(14)1-2-10(12)17/h1-5,18H,17H2. The molecule has 0 aliphatic carbocycles. The molecule has 2 nitrogen and oxygen atoms in total. The van der Waals surface area contributed by atoms with Gasteiger partial charge in [0.25, 0.3) is 0 Å². The minimum Gasteiger partial charge on any atom is -0.397 e. The summed E-state index contributed by atoms with van der Waals surface area (Å²) in [6, 6.07) is 6.81. The molecule has 0 aliphatic rings. The minimum atomic E-state index is -0.595. The van der Waals surface area contributed by atoms with Crippen LogP contribution in [0.4, 0.5) is 25.8 Å². The molecule has 3 N–H and O–H groups in total. The van der Waals surface area contributed by atoms with Crippen LogP contribution in [0.5, 0.6) is 0 Å². The number of nitrogens with two attached hydrogens (primary N) is 1. The van der Waals surface area contributed by atoms with Crippen molar-refractivity contribution in [3.05, 3.63) is 51.5 Å². The van der Waals surface area contributed by atoms with Crippen LogP contribution < -0.4 is 11.1 Å². The van der Waals surface area contributed by atoms with Gasteiger partial charge in [-0.05, 0) is 40.2 Å². The highest BCUT2D eigenvalue weighted by Gasteiger charge is 2.10. The molecular weight excluding hydrogens is 325 g/mol. The Morgan fingerprint density at radius 1 is 1.06 bits per heavy atom. The number of rotatable bonds is 2. The van der Waals surface area contributed by atoms with Gasteiger partial charge in [-0.2, -0.15) is 0 Å². The zero-order valence-electron chi connectivity index (χ0n) is 8.98. The topological polar surface area (TPSA) is 38.0 Å². The van der Waals surface area contributed by atoms with Crippen LogP contribution >= 0.6 is 27.5 Å². The third-order valence-corrected chi connectivity index (χ3v) is 3.14. The number of nitrogen functional groups attached to an aromatic ring is 1. The third kappa shape index (κ3) is 2.73. The Labute approximate surface area is 116 Å². The summed E-state index contributed by atoms with van der Waals surface area (Å²) in [5.41, 5.74) is 6.51. The van der Waals surface area contributed by atoms with Crippen LogP contribution in [0.1, 0.15) is 0 Å². The first-order valence-corrected chi connectivity index (χ1v) is 6.11. The van der Waals surface area contributed by atoms with Crippen molar-refractivity contribution in [1.29, 1.82) is 0 Å². The van der Waals surface area contributed by atoms with E-state index in [4.69, 9.17) is 17.3 Å². The van der Waals surface area contributed by atoms with Crippen molar-refractivity contribution in [3.8, 4) is 0 Å². The van der Waals surface area contributed by atoms with Gasteiger partial charge < -0.3 is 11.1 Å². The Kier molecular flexibility index (Phi) is 3.73. The Bertz CT molecular complexity index is 605. The monoisotopic (exact) mass is 332 g/mol. The fourth-order valence-corrected chi connectivity index (χ4v) is 1.89. The van der Waals surface area contributed by atoms with Crippen LogP contribution in [-0.2, 0) is 0 Å². The van der Waals surface area contributed by atoms with Gasteiger partial charge in [-0.25, -0.2) is 8.78 Å². The predicted octanol–water partition coefficient (Wildman–Crippen LogP) is 4.71. The Morgan fingerprint density at radius 3 is 2.50 bits per heavy atom. The Balaban J connectivity index is 2.40. The van der Waals surface area contributed by atoms with Gasteiger partial charge in [0.05, 0.1) is 21.5 Å².